The fourth-order valence-corrected chi connectivity index (χ4v) is 2.95. The molecule has 1 aliphatic rings. The van der Waals surface area contributed by atoms with Gasteiger partial charge in [-0.15, -0.1) is 0 Å². The van der Waals surface area contributed by atoms with Crippen LogP contribution >= 0.6 is 11.8 Å². The molecule has 8 heteroatoms. The van der Waals surface area contributed by atoms with Gasteiger partial charge in [0.05, 0.1) is 11.8 Å². The van der Waals surface area contributed by atoms with E-state index in [0.29, 0.717) is 5.17 Å². The zero-order chi connectivity index (χ0) is 15.8. The van der Waals surface area contributed by atoms with Gasteiger partial charge in [-0.25, -0.2) is 0 Å². The Labute approximate surface area is 124 Å². The second-order valence-electron chi connectivity index (χ2n) is 5.10. The van der Waals surface area contributed by atoms with Crippen LogP contribution in [-0.4, -0.2) is 16.3 Å². The van der Waals surface area contributed by atoms with Crippen LogP contribution in [0.15, 0.2) is 15.5 Å². The molecule has 1 aliphatic heterocycles. The van der Waals surface area contributed by atoms with Gasteiger partial charge in [-0.1, -0.05) is 25.6 Å². The number of thioether (sulfide) groups is 1. The maximum absolute atomic E-state index is 12.8. The minimum atomic E-state index is -4.55. The molecule has 1 aromatic rings. The molecule has 0 aliphatic carbocycles. The molecule has 1 aromatic heterocycles. The minimum Gasteiger partial charge on any atom is -0.456 e. The van der Waals surface area contributed by atoms with Crippen LogP contribution in [0.4, 0.5) is 13.2 Å². The number of furan rings is 1. The molecule has 116 valence electrons. The second kappa shape index (κ2) is 5.75. The Kier molecular flexibility index (Phi) is 4.36. The van der Waals surface area contributed by atoms with Gasteiger partial charge in [0.25, 0.3) is 0 Å². The normalized spacial score (nSPS) is 21.4. The molecule has 21 heavy (non-hydrogen) atoms. The van der Waals surface area contributed by atoms with Gasteiger partial charge < -0.3 is 9.73 Å². The number of carbonyl (C=O) groups is 1. The van der Waals surface area contributed by atoms with Gasteiger partial charge in [0.1, 0.15) is 5.76 Å². The number of hydrogen-bond acceptors (Lipinski definition) is 4. The molecule has 0 aromatic carbocycles. The van der Waals surface area contributed by atoms with E-state index in [0.717, 1.165) is 0 Å². The molecule has 1 amide bonds. The van der Waals surface area contributed by atoms with Gasteiger partial charge in [0, 0.05) is 5.56 Å². The van der Waals surface area contributed by atoms with Crippen molar-refractivity contribution in [3.63, 3.8) is 0 Å². The number of nitrogens with one attached hydrogen (secondary N) is 1. The van der Waals surface area contributed by atoms with E-state index in [9.17, 15) is 18.0 Å². The Balaban J connectivity index is 2.14. The van der Waals surface area contributed by atoms with E-state index >= 15 is 0 Å². The number of nitrogens with zero attached hydrogens (tertiary/aromatic N) is 1. The number of amides is 1. The first-order chi connectivity index (χ1) is 9.68. The first kappa shape index (κ1) is 15.9. The molecule has 1 N–H and O–H groups in total. The molecule has 1 fully saturated rings. The summed E-state index contributed by atoms with van der Waals surface area (Å²) in [6, 6.07) is 1.31. The van der Waals surface area contributed by atoms with Crippen molar-refractivity contribution in [3.05, 3.63) is 23.2 Å². The topological polar surface area (TPSA) is 54.6 Å². The quantitative estimate of drug-likeness (QED) is 0.929. The van der Waals surface area contributed by atoms with E-state index in [-0.39, 0.29) is 34.9 Å². The fourth-order valence-electron chi connectivity index (χ4n) is 1.98. The maximum atomic E-state index is 12.8. The van der Waals surface area contributed by atoms with Crippen LogP contribution in [0.3, 0.4) is 0 Å². The lowest BCUT2D eigenvalue weighted by atomic mass is 10.1. The Morgan fingerprint density at radius 2 is 2.14 bits per heavy atom. The van der Waals surface area contributed by atoms with E-state index in [2.05, 4.69) is 14.7 Å². The standard InChI is InChI=1S/C13H15F3N2O2S/c1-6(2)9-11(19)18-12(21-9)17-5-8-4-7(3)20-10(8)13(14,15)16/h4,6,9H,5H2,1-3H3,(H,17,18,19)/t9-/m1/s1. The van der Waals surface area contributed by atoms with Gasteiger partial charge in [-0.3, -0.25) is 9.79 Å². The molecule has 2 heterocycles. The van der Waals surface area contributed by atoms with Gasteiger partial charge in [0.15, 0.2) is 5.17 Å². The summed E-state index contributed by atoms with van der Waals surface area (Å²) in [5.74, 6) is -0.877. The summed E-state index contributed by atoms with van der Waals surface area (Å²) in [6.45, 7) is 5.08. The highest BCUT2D eigenvalue weighted by Gasteiger charge is 2.38. The highest BCUT2D eigenvalue weighted by molar-refractivity contribution is 8.15. The van der Waals surface area contributed by atoms with Crippen LogP contribution in [0, 0.1) is 12.8 Å². The van der Waals surface area contributed by atoms with Crippen LogP contribution < -0.4 is 5.32 Å². The molecular formula is C13H15F3N2O2S. The average Bonchev–Trinajstić information content (AvgIpc) is 2.89. The Morgan fingerprint density at radius 3 is 2.67 bits per heavy atom. The molecule has 0 unspecified atom stereocenters. The monoisotopic (exact) mass is 320 g/mol. The molecule has 0 saturated carbocycles. The number of alkyl halides is 3. The summed E-state index contributed by atoms with van der Waals surface area (Å²) >= 11 is 1.24. The van der Waals surface area contributed by atoms with E-state index in [1.807, 2.05) is 13.8 Å². The lowest BCUT2D eigenvalue weighted by molar-refractivity contribution is -0.154. The maximum Gasteiger partial charge on any atom is 0.449 e. The largest absolute Gasteiger partial charge is 0.456 e. The lowest BCUT2D eigenvalue weighted by Gasteiger charge is -2.07. The number of halogens is 3. The first-order valence-corrected chi connectivity index (χ1v) is 7.25. The molecule has 1 saturated heterocycles. The third-order valence-corrected chi connectivity index (χ3v) is 4.38. The first-order valence-electron chi connectivity index (χ1n) is 6.37. The zero-order valence-electron chi connectivity index (χ0n) is 11.7. The van der Waals surface area contributed by atoms with Crippen molar-refractivity contribution in [2.45, 2.75) is 38.7 Å². The second-order valence-corrected chi connectivity index (χ2v) is 6.23. The summed E-state index contributed by atoms with van der Waals surface area (Å²) in [7, 11) is 0. The number of amidine groups is 1. The zero-order valence-corrected chi connectivity index (χ0v) is 12.6. The third-order valence-electron chi connectivity index (χ3n) is 2.92. The van der Waals surface area contributed by atoms with Crippen LogP contribution in [0.1, 0.15) is 30.9 Å². The Morgan fingerprint density at radius 1 is 1.48 bits per heavy atom. The summed E-state index contributed by atoms with van der Waals surface area (Å²) < 4.78 is 43.0. The van der Waals surface area contributed by atoms with Crippen molar-refractivity contribution < 1.29 is 22.4 Å². The highest BCUT2D eigenvalue weighted by atomic mass is 32.2. The molecule has 2 rings (SSSR count). The van der Waals surface area contributed by atoms with E-state index < -0.39 is 11.9 Å². The molecule has 0 bridgehead atoms. The van der Waals surface area contributed by atoms with Gasteiger partial charge in [0.2, 0.25) is 11.7 Å². The smallest absolute Gasteiger partial charge is 0.449 e. The summed E-state index contributed by atoms with van der Waals surface area (Å²) in [5, 5.41) is 2.68. The number of carbonyl (C=O) groups excluding carboxylic acids is 1. The fraction of sp³-hybridized carbons (Fsp3) is 0.538. The average molecular weight is 320 g/mol. The van der Waals surface area contributed by atoms with E-state index in [1.54, 1.807) is 0 Å². The predicted molar refractivity (Wildman–Crippen MR) is 73.9 cm³/mol. The molecule has 1 atom stereocenters. The van der Waals surface area contributed by atoms with Crippen molar-refractivity contribution in [1.82, 2.24) is 5.32 Å². The summed E-state index contributed by atoms with van der Waals surface area (Å²) in [4.78, 5) is 15.7. The molecule has 0 spiro atoms. The Hall–Kier alpha value is -1.44. The van der Waals surface area contributed by atoms with Crippen LogP contribution in [0.2, 0.25) is 0 Å². The van der Waals surface area contributed by atoms with Crippen molar-refractivity contribution in [2.75, 3.05) is 0 Å². The van der Waals surface area contributed by atoms with Gasteiger partial charge >= 0.3 is 6.18 Å². The van der Waals surface area contributed by atoms with Crippen LogP contribution in [0.25, 0.3) is 0 Å². The van der Waals surface area contributed by atoms with Crippen molar-refractivity contribution in [3.8, 4) is 0 Å². The molecule has 4 nitrogen and oxygen atoms in total. The Bertz CT molecular complexity index is 578. The van der Waals surface area contributed by atoms with E-state index in [1.165, 1.54) is 24.8 Å². The summed E-state index contributed by atoms with van der Waals surface area (Å²) in [6.07, 6.45) is -4.55. The van der Waals surface area contributed by atoms with Crippen molar-refractivity contribution >= 4 is 22.8 Å². The van der Waals surface area contributed by atoms with Gasteiger partial charge in [-0.2, -0.15) is 13.2 Å². The van der Waals surface area contributed by atoms with Crippen LogP contribution in [-0.2, 0) is 17.5 Å². The van der Waals surface area contributed by atoms with Crippen molar-refractivity contribution in [1.29, 1.82) is 0 Å². The lowest BCUT2D eigenvalue weighted by Crippen LogP contribution is -2.27. The number of rotatable bonds is 3. The third kappa shape index (κ3) is 3.61. The predicted octanol–water partition coefficient (Wildman–Crippen LogP) is 3.35. The van der Waals surface area contributed by atoms with Crippen molar-refractivity contribution in [2.24, 2.45) is 10.9 Å². The number of hydrogen-bond donors (Lipinski definition) is 1. The minimum absolute atomic E-state index is 0.0321. The number of aryl methyl sites for hydroxylation is 1. The highest BCUT2D eigenvalue weighted by Crippen LogP contribution is 2.34. The molecular weight excluding hydrogens is 305 g/mol. The van der Waals surface area contributed by atoms with Gasteiger partial charge in [-0.05, 0) is 18.9 Å². The van der Waals surface area contributed by atoms with E-state index in [4.69, 9.17) is 0 Å². The number of aliphatic imine (C=N–C) groups is 1. The van der Waals surface area contributed by atoms with Crippen LogP contribution in [0.5, 0.6) is 0 Å². The summed E-state index contributed by atoms with van der Waals surface area (Å²) in [5.41, 5.74) is -0.0321. The SMILES string of the molecule is Cc1cc(CN=C2NC(=O)[C@@H](C(C)C)S2)c(C(F)(F)F)o1. The molecule has 0 radical (unpaired) electrons.